The lowest BCUT2D eigenvalue weighted by Crippen LogP contribution is -2.62. The van der Waals surface area contributed by atoms with E-state index in [0.29, 0.717) is 19.5 Å². The number of hydrogen-bond donors (Lipinski definition) is 2. The highest BCUT2D eigenvalue weighted by molar-refractivity contribution is 7.88. The van der Waals surface area contributed by atoms with E-state index >= 15 is 0 Å². The smallest absolute Gasteiger partial charge is 0.242 e. The zero-order valence-corrected chi connectivity index (χ0v) is 15.7. The van der Waals surface area contributed by atoms with Crippen molar-refractivity contribution in [2.24, 2.45) is 5.92 Å². The molecule has 0 aromatic heterocycles. The van der Waals surface area contributed by atoms with Gasteiger partial charge in [-0.2, -0.15) is 0 Å². The van der Waals surface area contributed by atoms with Crippen molar-refractivity contribution in [1.29, 1.82) is 0 Å². The van der Waals surface area contributed by atoms with Crippen LogP contribution in [0.4, 0.5) is 0 Å². The number of rotatable bonds is 7. The van der Waals surface area contributed by atoms with Gasteiger partial charge in [0.1, 0.15) is 6.04 Å². The van der Waals surface area contributed by atoms with E-state index < -0.39 is 10.0 Å². The van der Waals surface area contributed by atoms with Crippen molar-refractivity contribution in [3.63, 3.8) is 0 Å². The maximum absolute atomic E-state index is 13.0. The monoisotopic (exact) mass is 372 g/mol. The van der Waals surface area contributed by atoms with Crippen molar-refractivity contribution in [2.45, 2.75) is 50.7 Å². The van der Waals surface area contributed by atoms with Crippen molar-refractivity contribution < 1.29 is 18.0 Å². The normalized spacial score (nSPS) is 30.4. The van der Waals surface area contributed by atoms with Crippen molar-refractivity contribution in [2.75, 3.05) is 32.4 Å². The van der Waals surface area contributed by atoms with Gasteiger partial charge < -0.3 is 10.2 Å². The molecule has 142 valence electrons. The molecule has 3 rings (SSSR count). The molecular formula is C16H28N4O4S. The minimum absolute atomic E-state index is 0.00130. The van der Waals surface area contributed by atoms with E-state index in [4.69, 9.17) is 0 Å². The SMILES string of the molecule is CCCN1C[C@@H]2C[C@H](NS(C)(=O)=O)CN2C(=O)[C@@H]1CNC(=O)C1CC1. The summed E-state index contributed by atoms with van der Waals surface area (Å²) in [6.45, 7) is 4.33. The molecule has 0 spiro atoms. The topological polar surface area (TPSA) is 98.8 Å². The summed E-state index contributed by atoms with van der Waals surface area (Å²) < 4.78 is 25.6. The third kappa shape index (κ3) is 4.51. The molecule has 0 aromatic carbocycles. The van der Waals surface area contributed by atoms with Crippen molar-refractivity contribution in [3.8, 4) is 0 Å². The fourth-order valence-corrected chi connectivity index (χ4v) is 4.71. The molecular weight excluding hydrogens is 344 g/mol. The second-order valence-electron chi connectivity index (χ2n) is 7.50. The number of carbonyl (C=O) groups excluding carboxylic acids is 2. The Morgan fingerprint density at radius 2 is 2.00 bits per heavy atom. The fraction of sp³-hybridized carbons (Fsp3) is 0.875. The van der Waals surface area contributed by atoms with Gasteiger partial charge in [0.2, 0.25) is 21.8 Å². The predicted molar refractivity (Wildman–Crippen MR) is 93.3 cm³/mol. The first-order chi connectivity index (χ1) is 11.8. The highest BCUT2D eigenvalue weighted by atomic mass is 32.2. The van der Waals surface area contributed by atoms with Crippen LogP contribution in [0.2, 0.25) is 0 Å². The van der Waals surface area contributed by atoms with Gasteiger partial charge in [0.25, 0.3) is 0 Å². The summed E-state index contributed by atoms with van der Waals surface area (Å²) in [4.78, 5) is 28.8. The maximum atomic E-state index is 13.0. The molecule has 3 fully saturated rings. The number of sulfonamides is 1. The number of fused-ring (bicyclic) bond motifs is 1. The molecule has 0 aromatic rings. The van der Waals surface area contributed by atoms with Gasteiger partial charge in [-0.1, -0.05) is 6.92 Å². The number of amides is 2. The maximum Gasteiger partial charge on any atom is 0.242 e. The lowest BCUT2D eigenvalue weighted by molar-refractivity contribution is -0.143. The Kier molecular flexibility index (Phi) is 5.36. The van der Waals surface area contributed by atoms with Crippen LogP contribution in [0.5, 0.6) is 0 Å². The van der Waals surface area contributed by atoms with Gasteiger partial charge in [-0.05, 0) is 32.2 Å². The second-order valence-corrected chi connectivity index (χ2v) is 9.28. The van der Waals surface area contributed by atoms with Crippen LogP contribution >= 0.6 is 0 Å². The third-order valence-corrected chi connectivity index (χ3v) is 5.94. The van der Waals surface area contributed by atoms with Gasteiger partial charge in [0, 0.05) is 37.6 Å². The minimum atomic E-state index is -3.29. The van der Waals surface area contributed by atoms with Gasteiger partial charge in [-0.3, -0.25) is 14.5 Å². The van der Waals surface area contributed by atoms with Crippen LogP contribution in [0.15, 0.2) is 0 Å². The molecule has 3 aliphatic rings. The molecule has 2 N–H and O–H groups in total. The molecule has 0 bridgehead atoms. The quantitative estimate of drug-likeness (QED) is 0.605. The van der Waals surface area contributed by atoms with Crippen LogP contribution in [0.25, 0.3) is 0 Å². The molecule has 1 saturated carbocycles. The number of nitrogens with one attached hydrogen (secondary N) is 2. The largest absolute Gasteiger partial charge is 0.354 e. The van der Waals surface area contributed by atoms with Crippen LogP contribution in [0.3, 0.4) is 0 Å². The third-order valence-electron chi connectivity index (χ3n) is 5.18. The molecule has 0 radical (unpaired) electrons. The summed E-state index contributed by atoms with van der Waals surface area (Å²) in [5.74, 6) is 0.171. The van der Waals surface area contributed by atoms with Crippen LogP contribution in [0.1, 0.15) is 32.6 Å². The average molecular weight is 372 g/mol. The van der Waals surface area contributed by atoms with Gasteiger partial charge in [-0.15, -0.1) is 0 Å². The number of hydrogen-bond acceptors (Lipinski definition) is 5. The fourth-order valence-electron chi connectivity index (χ4n) is 3.93. The van der Waals surface area contributed by atoms with E-state index in [-0.39, 0.29) is 35.9 Å². The Morgan fingerprint density at radius 3 is 2.60 bits per heavy atom. The molecule has 1 aliphatic carbocycles. The van der Waals surface area contributed by atoms with E-state index in [1.54, 1.807) is 4.90 Å². The highest BCUT2D eigenvalue weighted by Crippen LogP contribution is 2.29. The van der Waals surface area contributed by atoms with Crippen molar-refractivity contribution in [3.05, 3.63) is 0 Å². The Labute approximate surface area is 149 Å². The first kappa shape index (κ1) is 18.6. The number of piperazine rings is 1. The van der Waals surface area contributed by atoms with E-state index in [0.717, 1.165) is 38.6 Å². The van der Waals surface area contributed by atoms with Gasteiger partial charge in [-0.25, -0.2) is 13.1 Å². The predicted octanol–water partition coefficient (Wildman–Crippen LogP) is -0.874. The van der Waals surface area contributed by atoms with Crippen molar-refractivity contribution in [1.82, 2.24) is 19.8 Å². The molecule has 25 heavy (non-hydrogen) atoms. The van der Waals surface area contributed by atoms with Gasteiger partial charge >= 0.3 is 0 Å². The molecule has 2 saturated heterocycles. The zero-order chi connectivity index (χ0) is 18.2. The van der Waals surface area contributed by atoms with Crippen LogP contribution in [0, 0.1) is 5.92 Å². The van der Waals surface area contributed by atoms with Crippen molar-refractivity contribution >= 4 is 21.8 Å². The Bertz CT molecular complexity index is 634. The standard InChI is InChI=1S/C16H28N4O4S/c1-3-6-19-10-13-7-12(18-25(2,23)24)9-20(13)16(22)14(19)8-17-15(21)11-4-5-11/h11-14,18H,3-10H2,1-2H3,(H,17,21)/t12-,13-,14-/m0/s1. The van der Waals surface area contributed by atoms with Crippen LogP contribution in [-0.4, -0.2) is 80.6 Å². The summed E-state index contributed by atoms with van der Waals surface area (Å²) in [5.41, 5.74) is 0. The van der Waals surface area contributed by atoms with E-state index in [1.807, 2.05) is 0 Å². The number of nitrogens with zero attached hydrogens (tertiary/aromatic N) is 2. The first-order valence-electron chi connectivity index (χ1n) is 9.08. The summed E-state index contributed by atoms with van der Waals surface area (Å²) >= 11 is 0. The molecule has 2 amide bonds. The zero-order valence-electron chi connectivity index (χ0n) is 14.9. The van der Waals surface area contributed by atoms with Gasteiger partial charge in [0.15, 0.2) is 0 Å². The van der Waals surface area contributed by atoms with Crippen LogP contribution < -0.4 is 10.0 Å². The van der Waals surface area contributed by atoms with E-state index in [2.05, 4.69) is 21.9 Å². The molecule has 2 heterocycles. The molecule has 3 atom stereocenters. The second kappa shape index (κ2) is 7.20. The Morgan fingerprint density at radius 1 is 1.28 bits per heavy atom. The summed E-state index contributed by atoms with van der Waals surface area (Å²) in [6.07, 6.45) is 4.59. The number of carbonyl (C=O) groups is 2. The Hall–Kier alpha value is -1.19. The highest BCUT2D eigenvalue weighted by Gasteiger charge is 2.45. The lowest BCUT2D eigenvalue weighted by atomic mass is 10.1. The molecule has 8 nitrogen and oxygen atoms in total. The first-order valence-corrected chi connectivity index (χ1v) is 11.0. The summed E-state index contributed by atoms with van der Waals surface area (Å²) in [6, 6.07) is -0.545. The van der Waals surface area contributed by atoms with E-state index in [1.165, 1.54) is 0 Å². The molecule has 2 aliphatic heterocycles. The van der Waals surface area contributed by atoms with Gasteiger partial charge in [0.05, 0.1) is 6.26 Å². The molecule has 0 unspecified atom stereocenters. The average Bonchev–Trinajstić information content (AvgIpc) is 3.28. The Balaban J connectivity index is 1.66. The lowest BCUT2D eigenvalue weighted by Gasteiger charge is -2.42. The molecule has 9 heteroatoms. The summed E-state index contributed by atoms with van der Waals surface area (Å²) in [7, 11) is -3.29. The summed E-state index contributed by atoms with van der Waals surface area (Å²) in [5, 5.41) is 2.92. The minimum Gasteiger partial charge on any atom is -0.354 e. The van der Waals surface area contributed by atoms with E-state index in [9.17, 15) is 18.0 Å². The van der Waals surface area contributed by atoms with Crippen LogP contribution in [-0.2, 0) is 19.6 Å².